The maximum Gasteiger partial charge on any atom is 0.278 e. The van der Waals surface area contributed by atoms with Crippen molar-refractivity contribution < 1.29 is 18.1 Å². The summed E-state index contributed by atoms with van der Waals surface area (Å²) < 4.78 is 27.6. The lowest BCUT2D eigenvalue weighted by atomic mass is 9.92. The highest BCUT2D eigenvalue weighted by Gasteiger charge is 2.34. The lowest BCUT2D eigenvalue weighted by molar-refractivity contribution is -0.917. The summed E-state index contributed by atoms with van der Waals surface area (Å²) in [6.45, 7) is 6.66. The minimum Gasteiger partial charge on any atom is -0.351 e. The third kappa shape index (κ3) is 3.94. The molecule has 1 amide bonds. The number of piperazine rings is 1. The van der Waals surface area contributed by atoms with E-state index in [9.17, 15) is 13.2 Å². The van der Waals surface area contributed by atoms with Crippen LogP contribution in [-0.2, 0) is 27.7 Å². The first-order valence-electron chi connectivity index (χ1n) is 9.67. The highest BCUT2D eigenvalue weighted by molar-refractivity contribution is 7.89. The van der Waals surface area contributed by atoms with Crippen molar-refractivity contribution in [2.24, 2.45) is 0 Å². The fourth-order valence-electron chi connectivity index (χ4n) is 3.98. The van der Waals surface area contributed by atoms with Crippen LogP contribution >= 0.6 is 0 Å². The van der Waals surface area contributed by atoms with E-state index in [1.54, 1.807) is 10.4 Å². The molecule has 0 aromatic heterocycles. The lowest BCUT2D eigenvalue weighted by Crippen LogP contribution is -3.19. The van der Waals surface area contributed by atoms with Gasteiger partial charge in [0.25, 0.3) is 5.91 Å². The average molecular weight is 381 g/mol. The number of likely N-dealkylation sites (N-methyl/N-ethyl adjacent to an activating group) is 1. The van der Waals surface area contributed by atoms with Crippen molar-refractivity contribution in [1.82, 2.24) is 9.62 Å². The first-order chi connectivity index (χ1) is 12.4. The molecule has 1 aromatic carbocycles. The summed E-state index contributed by atoms with van der Waals surface area (Å²) >= 11 is 0. The summed E-state index contributed by atoms with van der Waals surface area (Å²) in [5.74, 6) is 0.0356. The Kier molecular flexibility index (Phi) is 5.99. The van der Waals surface area contributed by atoms with Crippen LogP contribution in [0.15, 0.2) is 23.1 Å². The number of benzene rings is 1. The van der Waals surface area contributed by atoms with E-state index < -0.39 is 10.0 Å². The molecule has 0 spiro atoms. The van der Waals surface area contributed by atoms with E-state index in [-0.39, 0.29) is 11.9 Å². The number of sulfonamides is 1. The molecule has 0 unspecified atom stereocenters. The molecule has 1 atom stereocenters. The quantitative estimate of drug-likeness (QED) is 0.754. The Balaban J connectivity index is 1.67. The topological polar surface area (TPSA) is 70.9 Å². The second-order valence-corrected chi connectivity index (χ2v) is 9.25. The summed E-state index contributed by atoms with van der Waals surface area (Å²) in [5, 5.41) is 2.85. The Labute approximate surface area is 156 Å². The Hall–Kier alpha value is -1.44. The maximum atomic E-state index is 13.0. The Morgan fingerprint density at radius 2 is 1.85 bits per heavy atom. The number of aryl methyl sites for hydroxylation is 2. The van der Waals surface area contributed by atoms with Gasteiger partial charge in [0.2, 0.25) is 10.0 Å². The second-order valence-electron chi connectivity index (χ2n) is 7.32. The second kappa shape index (κ2) is 8.06. The van der Waals surface area contributed by atoms with Crippen LogP contribution in [0.5, 0.6) is 0 Å². The minimum atomic E-state index is -3.46. The van der Waals surface area contributed by atoms with E-state index >= 15 is 0 Å². The van der Waals surface area contributed by atoms with Gasteiger partial charge in [-0.25, -0.2) is 8.42 Å². The number of carbonyl (C=O) groups excluding carboxylic acids is 1. The van der Waals surface area contributed by atoms with Gasteiger partial charge in [-0.3, -0.25) is 4.79 Å². The fourth-order valence-corrected chi connectivity index (χ4v) is 5.47. The largest absolute Gasteiger partial charge is 0.351 e. The molecule has 3 rings (SSSR count). The summed E-state index contributed by atoms with van der Waals surface area (Å²) in [7, 11) is -3.46. The number of fused-ring (bicyclic) bond motifs is 1. The normalized spacial score (nSPS) is 20.4. The van der Waals surface area contributed by atoms with Crippen molar-refractivity contribution in [1.29, 1.82) is 0 Å². The monoisotopic (exact) mass is 380 g/mol. The van der Waals surface area contributed by atoms with Crippen LogP contribution < -0.4 is 10.2 Å². The lowest BCUT2D eigenvalue weighted by Gasteiger charge is -2.34. The van der Waals surface area contributed by atoms with E-state index in [0.717, 1.165) is 24.2 Å². The number of hydrogen-bond acceptors (Lipinski definition) is 3. The molecule has 26 heavy (non-hydrogen) atoms. The standard InChI is InChI=1S/C19H29N3O3S/c1-3-20-19(23)15(2)21-10-12-22(13-11-21)26(24,25)18-9-8-16-6-4-5-7-17(16)14-18/h8-9,14-15H,3-7,10-13H2,1-2H3,(H,20,23)/p+1/t15-/m0/s1. The van der Waals surface area contributed by atoms with Gasteiger partial charge in [-0.05, 0) is 62.8 Å². The summed E-state index contributed by atoms with van der Waals surface area (Å²) in [6, 6.07) is 5.47. The maximum absolute atomic E-state index is 13.0. The molecule has 2 N–H and O–H groups in total. The van der Waals surface area contributed by atoms with Crippen LogP contribution in [0, 0.1) is 0 Å². The number of hydrogen-bond donors (Lipinski definition) is 2. The molecule has 1 aliphatic heterocycles. The van der Waals surface area contributed by atoms with Gasteiger partial charge in [-0.2, -0.15) is 4.31 Å². The number of nitrogens with zero attached hydrogens (tertiary/aromatic N) is 1. The SMILES string of the molecule is CCNC(=O)[C@H](C)[NH+]1CCN(S(=O)(=O)c2ccc3c(c2)CCCC3)CC1. The Morgan fingerprint density at radius 1 is 1.19 bits per heavy atom. The molecule has 1 heterocycles. The van der Waals surface area contributed by atoms with Gasteiger partial charge in [0, 0.05) is 6.54 Å². The van der Waals surface area contributed by atoms with Gasteiger partial charge in [0.05, 0.1) is 31.1 Å². The Bertz CT molecular complexity index is 755. The van der Waals surface area contributed by atoms with E-state index in [1.807, 2.05) is 26.0 Å². The van der Waals surface area contributed by atoms with Crippen LogP contribution in [0.2, 0.25) is 0 Å². The number of amides is 1. The van der Waals surface area contributed by atoms with Crippen LogP contribution in [-0.4, -0.2) is 57.4 Å². The Morgan fingerprint density at radius 3 is 2.50 bits per heavy atom. The molecule has 0 saturated carbocycles. The van der Waals surface area contributed by atoms with Crippen LogP contribution in [0.1, 0.15) is 37.8 Å². The average Bonchev–Trinajstić information content (AvgIpc) is 2.67. The fraction of sp³-hybridized carbons (Fsp3) is 0.632. The molecule has 0 bridgehead atoms. The zero-order valence-corrected chi connectivity index (χ0v) is 16.6. The zero-order valence-electron chi connectivity index (χ0n) is 15.8. The minimum absolute atomic E-state index is 0.0356. The van der Waals surface area contributed by atoms with E-state index in [2.05, 4.69) is 5.32 Å². The number of quaternary nitrogens is 1. The number of carbonyl (C=O) groups is 1. The van der Waals surface area contributed by atoms with Gasteiger partial charge >= 0.3 is 0 Å². The van der Waals surface area contributed by atoms with Gasteiger partial charge < -0.3 is 10.2 Å². The van der Waals surface area contributed by atoms with Gasteiger partial charge in [-0.15, -0.1) is 0 Å². The van der Waals surface area contributed by atoms with Crippen molar-refractivity contribution in [3.63, 3.8) is 0 Å². The van der Waals surface area contributed by atoms with E-state index in [0.29, 0.717) is 37.6 Å². The molecule has 144 valence electrons. The van der Waals surface area contributed by atoms with Gasteiger partial charge in [-0.1, -0.05) is 6.07 Å². The number of rotatable bonds is 5. The van der Waals surface area contributed by atoms with Crippen molar-refractivity contribution in [3.05, 3.63) is 29.3 Å². The van der Waals surface area contributed by atoms with Crippen LogP contribution in [0.3, 0.4) is 0 Å². The predicted molar refractivity (Wildman–Crippen MR) is 101 cm³/mol. The van der Waals surface area contributed by atoms with Gasteiger partial charge in [0.1, 0.15) is 0 Å². The first-order valence-corrected chi connectivity index (χ1v) is 11.1. The van der Waals surface area contributed by atoms with Crippen molar-refractivity contribution in [3.8, 4) is 0 Å². The summed E-state index contributed by atoms with van der Waals surface area (Å²) in [5.41, 5.74) is 2.48. The van der Waals surface area contributed by atoms with Crippen LogP contribution in [0.25, 0.3) is 0 Å². The molecule has 2 aliphatic rings. The predicted octanol–water partition coefficient (Wildman–Crippen LogP) is -0.0208. The molecule has 1 aliphatic carbocycles. The molecule has 7 heteroatoms. The zero-order chi connectivity index (χ0) is 18.7. The summed E-state index contributed by atoms with van der Waals surface area (Å²) in [4.78, 5) is 13.6. The highest BCUT2D eigenvalue weighted by atomic mass is 32.2. The molecule has 6 nitrogen and oxygen atoms in total. The van der Waals surface area contributed by atoms with Crippen molar-refractivity contribution >= 4 is 15.9 Å². The third-order valence-corrected chi connectivity index (χ3v) is 7.57. The molecule has 1 saturated heterocycles. The smallest absolute Gasteiger partial charge is 0.278 e. The molecule has 1 fully saturated rings. The number of nitrogens with one attached hydrogen (secondary N) is 2. The molecule has 1 aromatic rings. The van der Waals surface area contributed by atoms with Crippen molar-refractivity contribution in [2.75, 3.05) is 32.7 Å². The van der Waals surface area contributed by atoms with E-state index in [1.165, 1.54) is 17.5 Å². The molecule has 0 radical (unpaired) electrons. The summed E-state index contributed by atoms with van der Waals surface area (Å²) in [6.07, 6.45) is 4.35. The van der Waals surface area contributed by atoms with Gasteiger partial charge in [0.15, 0.2) is 6.04 Å². The van der Waals surface area contributed by atoms with Crippen molar-refractivity contribution in [2.45, 2.75) is 50.5 Å². The van der Waals surface area contributed by atoms with Crippen LogP contribution in [0.4, 0.5) is 0 Å². The molecular formula is C19H30N3O3S+. The molecular weight excluding hydrogens is 350 g/mol. The third-order valence-electron chi connectivity index (χ3n) is 5.68. The highest BCUT2D eigenvalue weighted by Crippen LogP contribution is 2.25. The first kappa shape index (κ1) is 19.3. The van der Waals surface area contributed by atoms with E-state index in [4.69, 9.17) is 0 Å².